The fourth-order valence-corrected chi connectivity index (χ4v) is 3.72. The molecular formula is C20H28N4O3. The number of carbonyl (C=O) groups excluding carboxylic acids is 3. The number of carbonyl (C=O) groups is 3. The van der Waals surface area contributed by atoms with Gasteiger partial charge in [-0.3, -0.25) is 24.6 Å². The van der Waals surface area contributed by atoms with E-state index < -0.39 is 6.04 Å². The van der Waals surface area contributed by atoms with Gasteiger partial charge in [-0.2, -0.15) is 0 Å². The lowest BCUT2D eigenvalue weighted by Crippen LogP contribution is -2.52. The Kier molecular flexibility index (Phi) is 5.92. The van der Waals surface area contributed by atoms with E-state index in [9.17, 15) is 14.4 Å². The lowest BCUT2D eigenvalue weighted by molar-refractivity contribution is -0.136. The van der Waals surface area contributed by atoms with E-state index in [4.69, 9.17) is 5.73 Å². The number of rotatable bonds is 7. The Morgan fingerprint density at radius 1 is 1.30 bits per heavy atom. The fourth-order valence-electron chi connectivity index (χ4n) is 3.72. The lowest BCUT2D eigenvalue weighted by atomic mass is 10.0. The highest BCUT2D eigenvalue weighted by Crippen LogP contribution is 2.28. The van der Waals surface area contributed by atoms with Crippen molar-refractivity contribution in [2.24, 2.45) is 5.73 Å². The first-order valence-corrected chi connectivity index (χ1v) is 9.67. The standard InChI is InChI=1S/C20H28N4O3/c1-3-15(21)12-23(4-2)10-13-5-6-14-11-24(20(27)16(14)9-13)17-7-8-18(25)22-19(17)26/h5-6,9,15,17H,3-4,7-8,10-12,21H2,1-2H3,(H,22,25,26)/t15-,17?/m0/s1. The molecular weight excluding hydrogens is 344 g/mol. The Hall–Kier alpha value is -2.25. The number of piperidine rings is 1. The van der Waals surface area contributed by atoms with Crippen molar-refractivity contribution in [3.63, 3.8) is 0 Å². The average molecular weight is 372 g/mol. The molecule has 146 valence electrons. The van der Waals surface area contributed by atoms with Crippen molar-refractivity contribution in [2.45, 2.75) is 58.3 Å². The maximum absolute atomic E-state index is 12.9. The number of nitrogens with two attached hydrogens (primary N) is 1. The van der Waals surface area contributed by atoms with Crippen molar-refractivity contribution in [2.75, 3.05) is 13.1 Å². The summed E-state index contributed by atoms with van der Waals surface area (Å²) in [5.41, 5.74) is 8.73. The van der Waals surface area contributed by atoms with Crippen molar-refractivity contribution in [3.05, 3.63) is 34.9 Å². The summed E-state index contributed by atoms with van der Waals surface area (Å²) in [5, 5.41) is 2.33. The third-order valence-electron chi connectivity index (χ3n) is 5.46. The van der Waals surface area contributed by atoms with Crippen molar-refractivity contribution in [1.82, 2.24) is 15.1 Å². The van der Waals surface area contributed by atoms with Gasteiger partial charge in [-0.1, -0.05) is 26.0 Å². The lowest BCUT2D eigenvalue weighted by Gasteiger charge is -2.29. The summed E-state index contributed by atoms with van der Waals surface area (Å²) in [6, 6.07) is 5.52. The number of hydrogen-bond acceptors (Lipinski definition) is 5. The summed E-state index contributed by atoms with van der Waals surface area (Å²) in [4.78, 5) is 40.2. The zero-order valence-corrected chi connectivity index (χ0v) is 16.0. The van der Waals surface area contributed by atoms with Gasteiger partial charge in [-0.05, 0) is 36.6 Å². The first kappa shape index (κ1) is 19.5. The quantitative estimate of drug-likeness (QED) is 0.697. The third kappa shape index (κ3) is 4.20. The van der Waals surface area contributed by atoms with Gasteiger partial charge in [0.2, 0.25) is 11.8 Å². The molecule has 3 N–H and O–H groups in total. The van der Waals surface area contributed by atoms with Crippen molar-refractivity contribution in [3.8, 4) is 0 Å². The number of nitrogens with zero attached hydrogens (tertiary/aromatic N) is 2. The van der Waals surface area contributed by atoms with Crippen LogP contribution in [0.25, 0.3) is 0 Å². The van der Waals surface area contributed by atoms with E-state index >= 15 is 0 Å². The zero-order valence-electron chi connectivity index (χ0n) is 16.0. The molecule has 0 aromatic heterocycles. The van der Waals surface area contributed by atoms with Gasteiger partial charge in [0, 0.05) is 37.7 Å². The minimum absolute atomic E-state index is 0.130. The molecule has 0 bridgehead atoms. The van der Waals surface area contributed by atoms with Gasteiger partial charge < -0.3 is 10.6 Å². The van der Waals surface area contributed by atoms with E-state index in [1.54, 1.807) is 4.90 Å². The van der Waals surface area contributed by atoms with E-state index in [-0.39, 0.29) is 30.2 Å². The molecule has 2 aliphatic heterocycles. The van der Waals surface area contributed by atoms with Crippen LogP contribution in [0.3, 0.4) is 0 Å². The largest absolute Gasteiger partial charge is 0.327 e. The van der Waals surface area contributed by atoms with Crippen LogP contribution in [0.4, 0.5) is 0 Å². The van der Waals surface area contributed by atoms with Crippen molar-refractivity contribution < 1.29 is 14.4 Å². The van der Waals surface area contributed by atoms with Crippen LogP contribution in [0.1, 0.15) is 54.6 Å². The first-order chi connectivity index (χ1) is 12.9. The van der Waals surface area contributed by atoms with E-state index in [1.165, 1.54) is 0 Å². The molecule has 0 aliphatic carbocycles. The van der Waals surface area contributed by atoms with Crippen LogP contribution >= 0.6 is 0 Å². The zero-order chi connectivity index (χ0) is 19.6. The molecule has 1 unspecified atom stereocenters. The van der Waals surface area contributed by atoms with Gasteiger partial charge in [0.25, 0.3) is 5.91 Å². The maximum Gasteiger partial charge on any atom is 0.255 e. The van der Waals surface area contributed by atoms with Gasteiger partial charge in [0.05, 0.1) is 0 Å². The average Bonchev–Trinajstić information content (AvgIpc) is 2.97. The number of amides is 3. The summed E-state index contributed by atoms with van der Waals surface area (Å²) in [6.45, 7) is 7.05. The third-order valence-corrected chi connectivity index (χ3v) is 5.46. The molecule has 1 aromatic rings. The molecule has 2 aliphatic rings. The molecule has 1 fully saturated rings. The fraction of sp³-hybridized carbons (Fsp3) is 0.550. The Morgan fingerprint density at radius 2 is 2.07 bits per heavy atom. The van der Waals surface area contributed by atoms with Crippen LogP contribution < -0.4 is 11.1 Å². The normalized spacial score (nSPS) is 20.8. The second kappa shape index (κ2) is 8.19. The highest BCUT2D eigenvalue weighted by molar-refractivity contribution is 6.05. The highest BCUT2D eigenvalue weighted by Gasteiger charge is 2.39. The van der Waals surface area contributed by atoms with Crippen LogP contribution in [-0.4, -0.2) is 52.7 Å². The number of benzene rings is 1. The molecule has 0 radical (unpaired) electrons. The highest BCUT2D eigenvalue weighted by atomic mass is 16.2. The molecule has 0 saturated carbocycles. The van der Waals surface area contributed by atoms with Crippen LogP contribution in [0.15, 0.2) is 18.2 Å². The molecule has 1 saturated heterocycles. The number of likely N-dealkylation sites (N-methyl/N-ethyl adjacent to an activating group) is 1. The summed E-state index contributed by atoms with van der Waals surface area (Å²) in [5.74, 6) is -0.777. The molecule has 7 nitrogen and oxygen atoms in total. The summed E-state index contributed by atoms with van der Waals surface area (Å²) in [6.07, 6.45) is 1.58. The van der Waals surface area contributed by atoms with Crippen molar-refractivity contribution >= 4 is 17.7 Å². The van der Waals surface area contributed by atoms with Crippen molar-refractivity contribution in [1.29, 1.82) is 0 Å². The molecule has 2 heterocycles. The minimum Gasteiger partial charge on any atom is -0.327 e. The van der Waals surface area contributed by atoms with Gasteiger partial charge in [0.1, 0.15) is 6.04 Å². The SMILES string of the molecule is CC[C@H](N)CN(CC)Cc1ccc2c(c1)C(=O)N(C1CCC(=O)NC1=O)C2. The predicted molar refractivity (Wildman–Crippen MR) is 102 cm³/mol. The Morgan fingerprint density at radius 3 is 2.74 bits per heavy atom. The first-order valence-electron chi connectivity index (χ1n) is 9.67. The van der Waals surface area contributed by atoms with Gasteiger partial charge in [-0.15, -0.1) is 0 Å². The molecule has 2 atom stereocenters. The van der Waals surface area contributed by atoms with Crippen LogP contribution in [0, 0.1) is 0 Å². The number of nitrogens with one attached hydrogen (secondary N) is 1. The summed E-state index contributed by atoms with van der Waals surface area (Å²) < 4.78 is 0. The minimum atomic E-state index is -0.569. The summed E-state index contributed by atoms with van der Waals surface area (Å²) in [7, 11) is 0. The van der Waals surface area contributed by atoms with Gasteiger partial charge in [-0.25, -0.2) is 0 Å². The number of imide groups is 1. The molecule has 0 spiro atoms. The van der Waals surface area contributed by atoms with Crippen LogP contribution in [-0.2, 0) is 22.7 Å². The van der Waals surface area contributed by atoms with E-state index in [0.717, 1.165) is 37.2 Å². The predicted octanol–water partition coefficient (Wildman–Crippen LogP) is 1.01. The van der Waals surface area contributed by atoms with Gasteiger partial charge in [0.15, 0.2) is 0 Å². The Labute approximate surface area is 159 Å². The number of fused-ring (bicyclic) bond motifs is 1. The smallest absolute Gasteiger partial charge is 0.255 e. The molecule has 27 heavy (non-hydrogen) atoms. The number of hydrogen-bond donors (Lipinski definition) is 2. The maximum atomic E-state index is 12.9. The van der Waals surface area contributed by atoms with E-state index in [2.05, 4.69) is 24.1 Å². The molecule has 7 heteroatoms. The van der Waals surface area contributed by atoms with E-state index in [1.807, 2.05) is 18.2 Å². The Balaban J connectivity index is 1.72. The van der Waals surface area contributed by atoms with Crippen LogP contribution in [0.5, 0.6) is 0 Å². The van der Waals surface area contributed by atoms with Crippen LogP contribution in [0.2, 0.25) is 0 Å². The monoisotopic (exact) mass is 372 g/mol. The Bertz CT molecular complexity index is 749. The molecule has 3 rings (SSSR count). The van der Waals surface area contributed by atoms with E-state index in [0.29, 0.717) is 18.5 Å². The van der Waals surface area contributed by atoms with Gasteiger partial charge >= 0.3 is 0 Å². The second-order valence-electron chi connectivity index (χ2n) is 7.39. The topological polar surface area (TPSA) is 95.7 Å². The molecule has 1 aromatic carbocycles. The second-order valence-corrected chi connectivity index (χ2v) is 7.39. The summed E-state index contributed by atoms with van der Waals surface area (Å²) >= 11 is 0. The molecule has 3 amide bonds.